The van der Waals surface area contributed by atoms with E-state index in [-0.39, 0.29) is 5.97 Å². The molecular formula is C27H49ClN6O3. The summed E-state index contributed by atoms with van der Waals surface area (Å²) in [7, 11) is 0. The molecule has 9 nitrogen and oxygen atoms in total. The predicted octanol–water partition coefficient (Wildman–Crippen LogP) is 3.55. The number of esters is 1. The highest BCUT2D eigenvalue weighted by Crippen LogP contribution is 2.32. The van der Waals surface area contributed by atoms with Crippen LogP contribution < -0.4 is 33.0 Å². The Morgan fingerprint density at radius 3 is 2.70 bits per heavy atom. The van der Waals surface area contributed by atoms with Crippen LogP contribution in [0.4, 0.5) is 0 Å². The Balaban J connectivity index is 2.99. The lowest BCUT2D eigenvalue weighted by Crippen LogP contribution is -2.56. The molecule has 0 aromatic rings. The van der Waals surface area contributed by atoms with Crippen LogP contribution in [0.2, 0.25) is 0 Å². The maximum absolute atomic E-state index is 12.8. The molecule has 212 valence electrons. The van der Waals surface area contributed by atoms with Crippen LogP contribution in [0.3, 0.4) is 0 Å². The maximum Gasteiger partial charge on any atom is 0.323 e. The number of carbonyl (C=O) groups excluding carboxylic acids is 1. The van der Waals surface area contributed by atoms with Gasteiger partial charge in [0.05, 0.1) is 6.04 Å². The summed E-state index contributed by atoms with van der Waals surface area (Å²) in [6, 6.07) is -1.04. The van der Waals surface area contributed by atoms with Crippen molar-refractivity contribution in [2.75, 3.05) is 5.88 Å². The Hall–Kier alpha value is -1.88. The highest BCUT2D eigenvalue weighted by Gasteiger charge is 2.30. The van der Waals surface area contributed by atoms with Crippen LogP contribution in [0, 0.1) is 5.92 Å². The molecule has 0 amide bonds. The molecule has 4 atom stereocenters. The molecule has 37 heavy (non-hydrogen) atoms. The first-order chi connectivity index (χ1) is 17.5. The van der Waals surface area contributed by atoms with Crippen LogP contribution in [-0.4, -0.2) is 40.9 Å². The molecule has 0 saturated carbocycles. The summed E-state index contributed by atoms with van der Waals surface area (Å²) in [4.78, 5) is 12.8. The van der Waals surface area contributed by atoms with Gasteiger partial charge in [-0.1, -0.05) is 42.9 Å². The molecule has 8 N–H and O–H groups in total. The van der Waals surface area contributed by atoms with Gasteiger partial charge in [0.1, 0.15) is 23.7 Å². The van der Waals surface area contributed by atoms with Crippen molar-refractivity contribution in [3.8, 4) is 0 Å². The van der Waals surface area contributed by atoms with Crippen LogP contribution in [0.15, 0.2) is 48.4 Å². The summed E-state index contributed by atoms with van der Waals surface area (Å²) in [6.45, 7) is 15.1. The third kappa shape index (κ3) is 13.5. The largest absolute Gasteiger partial charge is 0.459 e. The van der Waals surface area contributed by atoms with Crippen molar-refractivity contribution in [2.24, 2.45) is 11.8 Å². The second kappa shape index (κ2) is 17.6. The van der Waals surface area contributed by atoms with Crippen molar-refractivity contribution in [3.05, 3.63) is 48.4 Å². The fourth-order valence-corrected chi connectivity index (χ4v) is 4.64. The van der Waals surface area contributed by atoms with Gasteiger partial charge in [0.2, 0.25) is 0 Å². The van der Waals surface area contributed by atoms with E-state index in [1.54, 1.807) is 0 Å². The van der Waals surface area contributed by atoms with Crippen LogP contribution in [-0.2, 0) is 9.53 Å². The monoisotopic (exact) mass is 540 g/mol. The van der Waals surface area contributed by atoms with Crippen LogP contribution in [0.1, 0.15) is 79.1 Å². The second-order valence-electron chi connectivity index (χ2n) is 10.4. The molecule has 0 aromatic heterocycles. The van der Waals surface area contributed by atoms with Crippen molar-refractivity contribution in [1.82, 2.24) is 27.1 Å². The topological polar surface area (TPSA) is 133 Å². The molecule has 1 rings (SSSR count). The van der Waals surface area contributed by atoms with Gasteiger partial charge in [-0.15, -0.1) is 18.2 Å². The fourth-order valence-electron chi connectivity index (χ4n) is 4.45. The average molecular weight is 541 g/mol. The van der Waals surface area contributed by atoms with Gasteiger partial charge in [0.15, 0.2) is 0 Å². The number of nitrogens with two attached hydrogens (primary N) is 1. The normalized spacial score (nSPS) is 19.2. The number of hydrazine groups is 3. The molecule has 0 radical (unpaired) electrons. The molecule has 0 aliphatic heterocycles. The summed E-state index contributed by atoms with van der Waals surface area (Å²) in [6.07, 6.45) is 12.3. The molecule has 1 aliphatic rings. The molecule has 10 heteroatoms. The zero-order chi connectivity index (χ0) is 27.8. The first-order valence-corrected chi connectivity index (χ1v) is 13.7. The van der Waals surface area contributed by atoms with Gasteiger partial charge in [-0.05, 0) is 78.1 Å². The van der Waals surface area contributed by atoms with Crippen LogP contribution in [0.25, 0.3) is 0 Å². The zero-order valence-electron chi connectivity index (χ0n) is 23.0. The minimum atomic E-state index is -1.03. The zero-order valence-corrected chi connectivity index (χ0v) is 23.8. The first-order valence-electron chi connectivity index (χ1n) is 13.2. The number of hydrogen-bond donors (Lipinski definition) is 7. The highest BCUT2D eigenvalue weighted by molar-refractivity contribution is 6.18. The van der Waals surface area contributed by atoms with Gasteiger partial charge in [0.25, 0.3) is 0 Å². The molecule has 0 bridgehead atoms. The number of hydrogen-bond acceptors (Lipinski definition) is 9. The van der Waals surface area contributed by atoms with E-state index in [0.717, 1.165) is 38.5 Å². The third-order valence-electron chi connectivity index (χ3n) is 6.25. The number of aliphatic hydroxyl groups excluding tert-OH is 1. The van der Waals surface area contributed by atoms with E-state index in [4.69, 9.17) is 22.2 Å². The SMILES string of the molecule is C=CCC/C(=C\CCl)[C@H]1CCC=C(C[C@H](N[C@@H](CC)C(=O)OC(C)(C)C)C(O)NC(=C)NNNN)CC1. The van der Waals surface area contributed by atoms with E-state index in [0.29, 0.717) is 30.5 Å². The van der Waals surface area contributed by atoms with Crippen molar-refractivity contribution in [1.29, 1.82) is 0 Å². The second-order valence-corrected chi connectivity index (χ2v) is 10.7. The van der Waals surface area contributed by atoms with Crippen molar-refractivity contribution in [3.63, 3.8) is 0 Å². The van der Waals surface area contributed by atoms with Gasteiger partial charge >= 0.3 is 5.97 Å². The number of halogens is 1. The predicted molar refractivity (Wildman–Crippen MR) is 152 cm³/mol. The van der Waals surface area contributed by atoms with Gasteiger partial charge < -0.3 is 15.2 Å². The van der Waals surface area contributed by atoms with Crippen molar-refractivity contribution in [2.45, 2.75) is 103 Å². The minimum Gasteiger partial charge on any atom is -0.459 e. The number of ether oxygens (including phenoxy) is 1. The van der Waals surface area contributed by atoms with Crippen molar-refractivity contribution < 1.29 is 14.6 Å². The Bertz CT molecular complexity index is 781. The summed E-state index contributed by atoms with van der Waals surface area (Å²) in [5, 5.41) is 17.3. The summed E-state index contributed by atoms with van der Waals surface area (Å²) in [5.41, 5.74) is 9.47. The van der Waals surface area contributed by atoms with E-state index < -0.39 is 23.9 Å². The Kier molecular flexibility index (Phi) is 15.8. The van der Waals surface area contributed by atoms with Gasteiger partial charge in [-0.2, -0.15) is 11.1 Å². The lowest BCUT2D eigenvalue weighted by molar-refractivity contribution is -0.158. The molecule has 0 aromatic carbocycles. The summed E-state index contributed by atoms with van der Waals surface area (Å²) < 4.78 is 5.61. The quantitative estimate of drug-likeness (QED) is 0.0369. The number of carbonyl (C=O) groups is 1. The first kappa shape index (κ1) is 33.1. The van der Waals surface area contributed by atoms with Gasteiger partial charge in [0, 0.05) is 5.88 Å². The minimum absolute atomic E-state index is 0.315. The lowest BCUT2D eigenvalue weighted by atomic mass is 9.87. The molecule has 1 aliphatic carbocycles. The van der Waals surface area contributed by atoms with E-state index in [1.807, 2.05) is 33.8 Å². The fraction of sp³-hybridized carbons (Fsp3) is 0.667. The Morgan fingerprint density at radius 2 is 2.11 bits per heavy atom. The molecule has 0 spiro atoms. The summed E-state index contributed by atoms with van der Waals surface area (Å²) in [5.74, 6) is 6.18. The standard InChI is InChI=1S/C27H49ClN6O3/c1-7-9-12-22(16-17-28)21-13-10-11-20(14-15-21)18-24(25(35)30-19(3)32-34-33-29)31-23(8-2)26(36)37-27(4,5)6/h7,11,16,21,23-25,30-35H,1,3,8-10,12-15,17-18,29H2,2,4-6H3/b22-16+/t21-,23-,24-,25?/m0/s1. The van der Waals surface area contributed by atoms with E-state index in [2.05, 4.69) is 52.4 Å². The number of aliphatic hydroxyl groups is 1. The van der Waals surface area contributed by atoms with E-state index in [9.17, 15) is 9.90 Å². The summed E-state index contributed by atoms with van der Waals surface area (Å²) >= 11 is 6.04. The number of allylic oxidation sites excluding steroid dienone is 4. The average Bonchev–Trinajstić information content (AvgIpc) is 3.07. The van der Waals surface area contributed by atoms with Crippen LogP contribution >= 0.6 is 11.6 Å². The third-order valence-corrected chi connectivity index (χ3v) is 6.40. The molecule has 0 heterocycles. The lowest BCUT2D eigenvalue weighted by Gasteiger charge is -2.31. The van der Waals surface area contributed by atoms with Gasteiger partial charge in [-0.25, -0.2) is 0 Å². The molecular weight excluding hydrogens is 492 g/mol. The molecule has 1 unspecified atom stereocenters. The number of alkyl halides is 1. The molecule has 0 saturated heterocycles. The highest BCUT2D eigenvalue weighted by atomic mass is 35.5. The Labute approximate surface area is 228 Å². The maximum atomic E-state index is 12.8. The molecule has 0 fully saturated rings. The van der Waals surface area contributed by atoms with Crippen LogP contribution in [0.5, 0.6) is 0 Å². The Morgan fingerprint density at radius 1 is 1.38 bits per heavy atom. The smallest absolute Gasteiger partial charge is 0.323 e. The number of nitrogens with one attached hydrogen (secondary N) is 5. The van der Waals surface area contributed by atoms with Gasteiger partial charge in [-0.3, -0.25) is 21.4 Å². The van der Waals surface area contributed by atoms with Crippen molar-refractivity contribution >= 4 is 17.6 Å². The van der Waals surface area contributed by atoms with E-state index >= 15 is 0 Å². The van der Waals surface area contributed by atoms with E-state index in [1.165, 1.54) is 11.1 Å². The number of rotatable bonds is 17.